The molecular formula is C16H13ClN4O. The third kappa shape index (κ3) is 3.15. The summed E-state index contributed by atoms with van der Waals surface area (Å²) in [6.45, 7) is 2.01. The van der Waals surface area contributed by atoms with Crippen molar-refractivity contribution in [3.63, 3.8) is 0 Å². The predicted molar refractivity (Wildman–Crippen MR) is 85.5 cm³/mol. The van der Waals surface area contributed by atoms with Crippen LogP contribution in [0.4, 0.5) is 5.69 Å². The smallest absolute Gasteiger partial charge is 0.277 e. The molecule has 3 aromatic rings. The van der Waals surface area contributed by atoms with Crippen LogP contribution in [0.25, 0.3) is 5.69 Å². The van der Waals surface area contributed by atoms with E-state index in [1.165, 1.54) is 0 Å². The molecular weight excluding hydrogens is 300 g/mol. The molecule has 0 aliphatic rings. The molecule has 3 rings (SSSR count). The molecule has 0 atom stereocenters. The number of carbonyl (C=O) groups excluding carboxylic acids is 1. The summed E-state index contributed by atoms with van der Waals surface area (Å²) in [6.07, 6.45) is 1.59. The topological polar surface area (TPSA) is 59.8 Å². The second-order valence-electron chi connectivity index (χ2n) is 4.84. The van der Waals surface area contributed by atoms with Gasteiger partial charge in [0.05, 0.1) is 11.9 Å². The van der Waals surface area contributed by atoms with Crippen LogP contribution in [0.5, 0.6) is 0 Å². The SMILES string of the molecule is Cc1ccc(-n2cc(C(=O)Nc3ccc(Cl)cc3)nn2)cc1. The number of aromatic nitrogens is 3. The fourth-order valence-corrected chi connectivity index (χ4v) is 2.05. The van der Waals surface area contributed by atoms with Crippen LogP contribution < -0.4 is 5.32 Å². The van der Waals surface area contributed by atoms with E-state index in [1.807, 2.05) is 31.2 Å². The molecule has 1 N–H and O–H groups in total. The van der Waals surface area contributed by atoms with E-state index in [4.69, 9.17) is 11.6 Å². The molecule has 6 heteroatoms. The van der Waals surface area contributed by atoms with Crippen LogP contribution in [-0.2, 0) is 0 Å². The molecule has 0 saturated heterocycles. The van der Waals surface area contributed by atoms with Gasteiger partial charge in [0, 0.05) is 10.7 Å². The van der Waals surface area contributed by atoms with Crippen LogP contribution in [0.3, 0.4) is 0 Å². The summed E-state index contributed by atoms with van der Waals surface area (Å²) in [4.78, 5) is 12.1. The van der Waals surface area contributed by atoms with Crippen molar-refractivity contribution in [3.8, 4) is 5.69 Å². The molecule has 22 heavy (non-hydrogen) atoms. The summed E-state index contributed by atoms with van der Waals surface area (Å²) < 4.78 is 1.57. The summed E-state index contributed by atoms with van der Waals surface area (Å²) >= 11 is 5.81. The first-order valence-electron chi connectivity index (χ1n) is 6.68. The second kappa shape index (κ2) is 5.99. The van der Waals surface area contributed by atoms with E-state index in [9.17, 15) is 4.79 Å². The maximum absolute atomic E-state index is 12.1. The number of anilines is 1. The normalized spacial score (nSPS) is 10.5. The Balaban J connectivity index is 1.76. The lowest BCUT2D eigenvalue weighted by Crippen LogP contribution is -2.12. The molecule has 0 saturated carbocycles. The molecule has 0 bridgehead atoms. The van der Waals surface area contributed by atoms with Gasteiger partial charge in [0.15, 0.2) is 5.69 Å². The summed E-state index contributed by atoms with van der Waals surface area (Å²) in [5, 5.41) is 11.2. The lowest BCUT2D eigenvalue weighted by molar-refractivity contribution is 0.102. The van der Waals surface area contributed by atoms with Gasteiger partial charge in [-0.1, -0.05) is 34.5 Å². The minimum atomic E-state index is -0.319. The van der Waals surface area contributed by atoms with Crippen molar-refractivity contribution >= 4 is 23.2 Å². The van der Waals surface area contributed by atoms with Crippen molar-refractivity contribution in [2.75, 3.05) is 5.32 Å². The lowest BCUT2D eigenvalue weighted by Gasteiger charge is -2.02. The number of nitrogens with zero attached hydrogens (tertiary/aromatic N) is 3. The van der Waals surface area contributed by atoms with E-state index in [1.54, 1.807) is 35.1 Å². The monoisotopic (exact) mass is 312 g/mol. The Morgan fingerprint density at radius 1 is 1.09 bits per heavy atom. The molecule has 110 valence electrons. The zero-order chi connectivity index (χ0) is 15.5. The minimum Gasteiger partial charge on any atom is -0.321 e. The summed E-state index contributed by atoms with van der Waals surface area (Å²) in [5.41, 5.74) is 2.91. The Morgan fingerprint density at radius 3 is 2.45 bits per heavy atom. The van der Waals surface area contributed by atoms with Gasteiger partial charge in [-0.3, -0.25) is 4.79 Å². The molecule has 1 amide bonds. The first-order chi connectivity index (χ1) is 10.6. The van der Waals surface area contributed by atoms with Gasteiger partial charge in [0.25, 0.3) is 5.91 Å². The fraction of sp³-hybridized carbons (Fsp3) is 0.0625. The third-order valence-electron chi connectivity index (χ3n) is 3.13. The Hall–Kier alpha value is -2.66. The molecule has 0 unspecified atom stereocenters. The number of amides is 1. The molecule has 0 aliphatic carbocycles. The highest BCUT2D eigenvalue weighted by molar-refractivity contribution is 6.30. The molecule has 0 radical (unpaired) electrons. The fourth-order valence-electron chi connectivity index (χ4n) is 1.92. The Morgan fingerprint density at radius 2 is 1.77 bits per heavy atom. The average molecular weight is 313 g/mol. The van der Waals surface area contributed by atoms with Crippen molar-refractivity contribution in [1.82, 2.24) is 15.0 Å². The van der Waals surface area contributed by atoms with Crippen LogP contribution in [0.15, 0.2) is 54.7 Å². The number of hydrogen-bond donors (Lipinski definition) is 1. The summed E-state index contributed by atoms with van der Waals surface area (Å²) in [7, 11) is 0. The van der Waals surface area contributed by atoms with Crippen molar-refractivity contribution < 1.29 is 4.79 Å². The Labute approximate surface area is 132 Å². The molecule has 0 fully saturated rings. The van der Waals surface area contributed by atoms with Gasteiger partial charge >= 0.3 is 0 Å². The second-order valence-corrected chi connectivity index (χ2v) is 5.28. The van der Waals surface area contributed by atoms with E-state index in [2.05, 4.69) is 15.6 Å². The molecule has 1 heterocycles. The highest BCUT2D eigenvalue weighted by Gasteiger charge is 2.11. The Bertz CT molecular complexity index is 794. The molecule has 0 aliphatic heterocycles. The van der Waals surface area contributed by atoms with Gasteiger partial charge in [0.2, 0.25) is 0 Å². The van der Waals surface area contributed by atoms with Gasteiger partial charge in [0.1, 0.15) is 0 Å². The number of rotatable bonds is 3. The highest BCUT2D eigenvalue weighted by Crippen LogP contribution is 2.14. The van der Waals surface area contributed by atoms with E-state index >= 15 is 0 Å². The van der Waals surface area contributed by atoms with E-state index in [0.717, 1.165) is 11.3 Å². The first kappa shape index (κ1) is 14.3. The van der Waals surface area contributed by atoms with Gasteiger partial charge in [-0.25, -0.2) is 4.68 Å². The van der Waals surface area contributed by atoms with Gasteiger partial charge < -0.3 is 5.32 Å². The van der Waals surface area contributed by atoms with Crippen LogP contribution in [0, 0.1) is 6.92 Å². The standard InChI is InChI=1S/C16H13ClN4O/c1-11-2-8-14(9-3-11)21-10-15(19-20-21)16(22)18-13-6-4-12(17)5-7-13/h2-10H,1H3,(H,18,22). The highest BCUT2D eigenvalue weighted by atomic mass is 35.5. The Kier molecular flexibility index (Phi) is 3.89. The van der Waals surface area contributed by atoms with Gasteiger partial charge in [-0.05, 0) is 43.3 Å². The summed E-state index contributed by atoms with van der Waals surface area (Å²) in [6, 6.07) is 14.7. The number of nitrogens with one attached hydrogen (secondary N) is 1. The van der Waals surface area contributed by atoms with Gasteiger partial charge in [-0.2, -0.15) is 0 Å². The predicted octanol–water partition coefficient (Wildman–Crippen LogP) is 3.48. The quantitative estimate of drug-likeness (QED) is 0.805. The zero-order valence-corrected chi connectivity index (χ0v) is 12.6. The van der Waals surface area contributed by atoms with Crippen molar-refractivity contribution in [1.29, 1.82) is 0 Å². The molecule has 0 spiro atoms. The third-order valence-corrected chi connectivity index (χ3v) is 3.38. The largest absolute Gasteiger partial charge is 0.321 e. The molecule has 5 nitrogen and oxygen atoms in total. The van der Waals surface area contributed by atoms with E-state index in [0.29, 0.717) is 10.7 Å². The number of hydrogen-bond acceptors (Lipinski definition) is 3. The van der Waals surface area contributed by atoms with E-state index in [-0.39, 0.29) is 11.6 Å². The maximum atomic E-state index is 12.1. The summed E-state index contributed by atoms with van der Waals surface area (Å²) in [5.74, 6) is -0.319. The van der Waals surface area contributed by atoms with Crippen molar-refractivity contribution in [2.45, 2.75) is 6.92 Å². The van der Waals surface area contributed by atoms with Crippen LogP contribution in [0.1, 0.15) is 16.1 Å². The zero-order valence-electron chi connectivity index (χ0n) is 11.8. The number of carbonyl (C=O) groups is 1. The average Bonchev–Trinajstić information content (AvgIpc) is 3.00. The molecule has 1 aromatic heterocycles. The van der Waals surface area contributed by atoms with Crippen LogP contribution >= 0.6 is 11.6 Å². The number of benzene rings is 2. The van der Waals surface area contributed by atoms with Crippen molar-refractivity contribution in [3.05, 3.63) is 71.0 Å². The first-order valence-corrected chi connectivity index (χ1v) is 7.06. The van der Waals surface area contributed by atoms with Crippen LogP contribution in [0.2, 0.25) is 5.02 Å². The minimum absolute atomic E-state index is 0.246. The van der Waals surface area contributed by atoms with Crippen LogP contribution in [-0.4, -0.2) is 20.9 Å². The van der Waals surface area contributed by atoms with Gasteiger partial charge in [-0.15, -0.1) is 5.10 Å². The lowest BCUT2D eigenvalue weighted by atomic mass is 10.2. The maximum Gasteiger partial charge on any atom is 0.277 e. The van der Waals surface area contributed by atoms with Crippen molar-refractivity contribution in [2.24, 2.45) is 0 Å². The number of halogens is 1. The van der Waals surface area contributed by atoms with E-state index < -0.39 is 0 Å². The number of aryl methyl sites for hydroxylation is 1. The molecule has 2 aromatic carbocycles.